The van der Waals surface area contributed by atoms with Crippen molar-refractivity contribution < 1.29 is 26.7 Å². The lowest BCUT2D eigenvalue weighted by atomic mass is 10.1. The number of hydrogen-bond donors (Lipinski definition) is 0. The van der Waals surface area contributed by atoms with Gasteiger partial charge >= 0.3 is 6.18 Å². The molecule has 0 fully saturated rings. The zero-order valence-electron chi connectivity index (χ0n) is 12.2. The van der Waals surface area contributed by atoms with Crippen molar-refractivity contribution in [2.75, 3.05) is 6.54 Å². The Morgan fingerprint density at radius 1 is 1.23 bits per heavy atom. The Bertz CT molecular complexity index is 547. The Morgan fingerprint density at radius 2 is 1.73 bits per heavy atom. The van der Waals surface area contributed by atoms with Crippen molar-refractivity contribution in [2.24, 2.45) is 5.92 Å². The maximum absolute atomic E-state index is 13.2. The summed E-state index contributed by atoms with van der Waals surface area (Å²) < 4.78 is 64.6. The molecule has 122 valence electrons. The molecule has 0 aliphatic carbocycles. The van der Waals surface area contributed by atoms with Crippen LogP contribution in [0.25, 0.3) is 0 Å². The lowest BCUT2D eigenvalue weighted by Crippen LogP contribution is -2.35. The maximum Gasteiger partial charge on any atom is 0.396 e. The van der Waals surface area contributed by atoms with E-state index in [2.05, 4.69) is 6.58 Å². The summed E-state index contributed by atoms with van der Waals surface area (Å²) >= 11 is 0. The molecule has 1 aromatic carbocycles. The standard InChI is InChI=1S/C15H16F5NO/c1-9(22)7-21(11(3)10(2)15(18,19)20)8-12-4-13(16)6-14(17)5-12/h4-6,10H,3,7-8H2,1-2H3. The highest BCUT2D eigenvalue weighted by Crippen LogP contribution is 2.32. The minimum absolute atomic E-state index is 0.120. The van der Waals surface area contributed by atoms with Crippen molar-refractivity contribution in [3.8, 4) is 0 Å². The molecule has 0 aromatic heterocycles. The van der Waals surface area contributed by atoms with Crippen molar-refractivity contribution in [3.63, 3.8) is 0 Å². The molecule has 0 amide bonds. The number of carbonyl (C=O) groups is 1. The first-order valence-corrected chi connectivity index (χ1v) is 6.45. The molecule has 1 unspecified atom stereocenters. The largest absolute Gasteiger partial charge is 0.396 e. The molecule has 0 heterocycles. The Labute approximate surface area is 125 Å². The Hall–Kier alpha value is -1.92. The van der Waals surface area contributed by atoms with Crippen LogP contribution < -0.4 is 0 Å². The smallest absolute Gasteiger partial charge is 0.363 e. The first-order valence-electron chi connectivity index (χ1n) is 6.45. The van der Waals surface area contributed by atoms with Gasteiger partial charge in [0.05, 0.1) is 12.5 Å². The number of rotatable bonds is 6. The van der Waals surface area contributed by atoms with Gasteiger partial charge in [-0.25, -0.2) is 8.78 Å². The van der Waals surface area contributed by atoms with E-state index in [1.807, 2.05) is 0 Å². The van der Waals surface area contributed by atoms with Crippen molar-refractivity contribution in [3.05, 3.63) is 47.7 Å². The Kier molecular flexibility index (Phi) is 5.68. The Morgan fingerprint density at radius 3 is 2.14 bits per heavy atom. The molecule has 0 aliphatic heterocycles. The number of ketones is 1. The second-order valence-corrected chi connectivity index (χ2v) is 5.09. The first kappa shape index (κ1) is 18.1. The molecule has 1 rings (SSSR count). The van der Waals surface area contributed by atoms with Crippen LogP contribution in [0, 0.1) is 17.6 Å². The van der Waals surface area contributed by atoms with Crippen LogP contribution in [0.2, 0.25) is 0 Å². The van der Waals surface area contributed by atoms with Crippen LogP contribution in [0.4, 0.5) is 22.0 Å². The molecule has 0 radical (unpaired) electrons. The van der Waals surface area contributed by atoms with E-state index in [-0.39, 0.29) is 30.1 Å². The number of halogens is 5. The number of carbonyl (C=O) groups excluding carboxylic acids is 1. The highest BCUT2D eigenvalue weighted by molar-refractivity contribution is 5.77. The minimum Gasteiger partial charge on any atom is -0.363 e. The van der Waals surface area contributed by atoms with Crippen LogP contribution in [-0.2, 0) is 11.3 Å². The monoisotopic (exact) mass is 321 g/mol. The molecule has 7 heteroatoms. The molecule has 0 saturated carbocycles. The topological polar surface area (TPSA) is 20.3 Å². The molecule has 0 aliphatic rings. The SMILES string of the molecule is C=C(C(C)C(F)(F)F)N(CC(C)=O)Cc1cc(F)cc(F)c1. The van der Waals surface area contributed by atoms with E-state index in [9.17, 15) is 26.7 Å². The average Bonchev–Trinajstić information content (AvgIpc) is 2.33. The van der Waals surface area contributed by atoms with Crippen molar-refractivity contribution >= 4 is 5.78 Å². The van der Waals surface area contributed by atoms with Gasteiger partial charge in [-0.05, 0) is 31.5 Å². The van der Waals surface area contributed by atoms with Gasteiger partial charge in [0.1, 0.15) is 17.4 Å². The van der Waals surface area contributed by atoms with Gasteiger partial charge in [0.25, 0.3) is 0 Å². The third-order valence-electron chi connectivity index (χ3n) is 3.11. The van der Waals surface area contributed by atoms with Crippen LogP contribution in [0.5, 0.6) is 0 Å². The molecule has 2 nitrogen and oxygen atoms in total. The zero-order chi connectivity index (χ0) is 17.1. The lowest BCUT2D eigenvalue weighted by molar-refractivity contribution is -0.164. The van der Waals surface area contributed by atoms with Crippen LogP contribution in [0.1, 0.15) is 19.4 Å². The number of benzene rings is 1. The molecule has 1 atom stereocenters. The average molecular weight is 321 g/mol. The highest BCUT2D eigenvalue weighted by Gasteiger charge is 2.39. The molecule has 0 saturated heterocycles. The number of nitrogens with zero attached hydrogens (tertiary/aromatic N) is 1. The number of hydrogen-bond acceptors (Lipinski definition) is 2. The van der Waals surface area contributed by atoms with E-state index in [1.165, 1.54) is 6.92 Å². The van der Waals surface area contributed by atoms with Crippen molar-refractivity contribution in [1.82, 2.24) is 4.90 Å². The van der Waals surface area contributed by atoms with Crippen LogP contribution >= 0.6 is 0 Å². The molecule has 0 bridgehead atoms. The molecule has 1 aromatic rings. The quantitative estimate of drug-likeness (QED) is 0.736. The van der Waals surface area contributed by atoms with E-state index in [1.54, 1.807) is 0 Å². The summed E-state index contributed by atoms with van der Waals surface area (Å²) in [4.78, 5) is 12.3. The van der Waals surface area contributed by atoms with E-state index in [4.69, 9.17) is 0 Å². The predicted molar refractivity (Wildman–Crippen MR) is 71.8 cm³/mol. The summed E-state index contributed by atoms with van der Waals surface area (Å²) in [5.74, 6) is -3.93. The van der Waals surface area contributed by atoms with E-state index >= 15 is 0 Å². The van der Waals surface area contributed by atoms with E-state index in [0.29, 0.717) is 6.07 Å². The molecular weight excluding hydrogens is 305 g/mol. The number of allylic oxidation sites excluding steroid dienone is 1. The Balaban J connectivity index is 3.02. The van der Waals surface area contributed by atoms with Gasteiger partial charge in [0.15, 0.2) is 0 Å². The predicted octanol–water partition coefficient (Wildman–Crippen LogP) is 4.07. The van der Waals surface area contributed by atoms with Crippen LogP contribution in [0.15, 0.2) is 30.5 Å². The van der Waals surface area contributed by atoms with E-state index < -0.39 is 23.7 Å². The van der Waals surface area contributed by atoms with Crippen LogP contribution in [0.3, 0.4) is 0 Å². The van der Waals surface area contributed by atoms with Crippen molar-refractivity contribution in [1.29, 1.82) is 0 Å². The summed E-state index contributed by atoms with van der Waals surface area (Å²) in [7, 11) is 0. The second kappa shape index (κ2) is 6.89. The molecule has 0 N–H and O–H groups in total. The summed E-state index contributed by atoms with van der Waals surface area (Å²) in [6.45, 7) is 4.95. The summed E-state index contributed by atoms with van der Waals surface area (Å²) in [5.41, 5.74) is -0.207. The van der Waals surface area contributed by atoms with Gasteiger partial charge in [-0.1, -0.05) is 6.58 Å². The highest BCUT2D eigenvalue weighted by atomic mass is 19.4. The normalized spacial score (nSPS) is 12.9. The molecule has 22 heavy (non-hydrogen) atoms. The van der Waals surface area contributed by atoms with Gasteiger partial charge in [-0.2, -0.15) is 13.2 Å². The third-order valence-corrected chi connectivity index (χ3v) is 3.11. The zero-order valence-corrected chi connectivity index (χ0v) is 12.2. The number of Topliss-reactive ketones (excluding diaryl/α,β-unsaturated/α-hetero) is 1. The van der Waals surface area contributed by atoms with Gasteiger partial charge < -0.3 is 4.90 Å². The second-order valence-electron chi connectivity index (χ2n) is 5.09. The third kappa shape index (κ3) is 5.13. The fourth-order valence-electron chi connectivity index (χ4n) is 1.91. The first-order chi connectivity index (χ1) is 10.0. The van der Waals surface area contributed by atoms with Gasteiger partial charge in [-0.3, -0.25) is 4.79 Å². The van der Waals surface area contributed by atoms with E-state index in [0.717, 1.165) is 24.0 Å². The summed E-state index contributed by atoms with van der Waals surface area (Å²) in [5, 5.41) is 0. The lowest BCUT2D eigenvalue weighted by Gasteiger charge is -2.30. The molecular formula is C15H16F5NO. The van der Waals surface area contributed by atoms with Gasteiger partial charge in [0, 0.05) is 18.3 Å². The summed E-state index contributed by atoms with van der Waals surface area (Å²) in [6.07, 6.45) is -4.51. The molecule has 0 spiro atoms. The van der Waals surface area contributed by atoms with Crippen molar-refractivity contribution in [2.45, 2.75) is 26.6 Å². The van der Waals surface area contributed by atoms with Gasteiger partial charge in [-0.15, -0.1) is 0 Å². The number of alkyl halides is 3. The van der Waals surface area contributed by atoms with Crippen LogP contribution in [-0.4, -0.2) is 23.4 Å². The summed E-state index contributed by atoms with van der Waals surface area (Å²) in [6, 6.07) is 2.66. The minimum atomic E-state index is -4.51. The fraction of sp³-hybridized carbons (Fsp3) is 0.400. The fourth-order valence-corrected chi connectivity index (χ4v) is 1.91. The maximum atomic E-state index is 13.2. The van der Waals surface area contributed by atoms with Gasteiger partial charge in [0.2, 0.25) is 0 Å².